The molecule has 0 saturated carbocycles. The van der Waals surface area contributed by atoms with Crippen LogP contribution in [0, 0.1) is 0 Å². The zero-order valence-corrected chi connectivity index (χ0v) is 13.0. The molecular weight excluding hydrogens is 317 g/mol. The van der Waals surface area contributed by atoms with Crippen LogP contribution in [0.25, 0.3) is 11.3 Å². The first-order valence-corrected chi connectivity index (χ1v) is 7.42. The summed E-state index contributed by atoms with van der Waals surface area (Å²) in [4.78, 5) is 17.2. The quantitative estimate of drug-likeness (QED) is 0.612. The second kappa shape index (κ2) is 6.30. The second-order valence-electron chi connectivity index (χ2n) is 4.71. The normalized spacial score (nSPS) is 10.5. The van der Waals surface area contributed by atoms with Crippen LogP contribution < -0.4 is 0 Å². The summed E-state index contributed by atoms with van der Waals surface area (Å²) in [5.41, 5.74) is 2.44. The number of nitrogens with zero attached hydrogens (tertiary/aromatic N) is 1. The Balaban J connectivity index is 2.13. The van der Waals surface area contributed by atoms with E-state index in [0.29, 0.717) is 21.2 Å². The number of hydrogen-bond acceptors (Lipinski definition) is 2. The maximum absolute atomic E-state index is 12.8. The van der Waals surface area contributed by atoms with E-state index in [-0.39, 0.29) is 5.78 Å². The maximum atomic E-state index is 12.8. The lowest BCUT2D eigenvalue weighted by molar-refractivity contribution is 0.103. The van der Waals surface area contributed by atoms with Gasteiger partial charge < -0.3 is 0 Å². The average molecular weight is 328 g/mol. The van der Waals surface area contributed by atoms with Crippen molar-refractivity contribution in [2.45, 2.75) is 0 Å². The van der Waals surface area contributed by atoms with E-state index in [1.807, 2.05) is 36.4 Å². The van der Waals surface area contributed by atoms with Gasteiger partial charge in [0.1, 0.15) is 0 Å². The highest BCUT2D eigenvalue weighted by Gasteiger charge is 2.17. The van der Waals surface area contributed by atoms with E-state index >= 15 is 0 Å². The number of halogens is 2. The number of ketones is 1. The largest absolute Gasteiger partial charge is 0.289 e. The SMILES string of the molecule is O=C(c1cc(Cl)ccc1Cl)c1ccccc1-c1ccccn1. The molecule has 4 heteroatoms. The standard InChI is InChI=1S/C18H11Cl2NO/c19-12-8-9-16(20)15(11-12)18(22)14-6-2-1-5-13(14)17-7-3-4-10-21-17/h1-11H. The molecule has 0 amide bonds. The van der Waals surface area contributed by atoms with Crippen LogP contribution in [0.1, 0.15) is 15.9 Å². The molecule has 2 aromatic carbocycles. The highest BCUT2D eigenvalue weighted by molar-refractivity contribution is 6.37. The predicted octanol–water partition coefficient (Wildman–Crippen LogP) is 5.29. The number of aromatic nitrogens is 1. The molecular formula is C18H11Cl2NO. The van der Waals surface area contributed by atoms with Gasteiger partial charge in [-0.1, -0.05) is 53.5 Å². The number of rotatable bonds is 3. The summed E-state index contributed by atoms with van der Waals surface area (Å²) in [5.74, 6) is -0.172. The molecule has 0 bridgehead atoms. The first-order valence-electron chi connectivity index (χ1n) is 6.67. The van der Waals surface area contributed by atoms with Gasteiger partial charge in [0, 0.05) is 27.9 Å². The van der Waals surface area contributed by atoms with Gasteiger partial charge in [0.2, 0.25) is 0 Å². The van der Waals surface area contributed by atoms with Crippen molar-refractivity contribution in [1.82, 2.24) is 4.98 Å². The van der Waals surface area contributed by atoms with Crippen molar-refractivity contribution in [1.29, 1.82) is 0 Å². The summed E-state index contributed by atoms with van der Waals surface area (Å²) >= 11 is 12.1. The monoisotopic (exact) mass is 327 g/mol. The van der Waals surface area contributed by atoms with Crippen LogP contribution in [0.3, 0.4) is 0 Å². The first kappa shape index (κ1) is 14.8. The summed E-state index contributed by atoms with van der Waals surface area (Å²) in [6.07, 6.45) is 1.70. The van der Waals surface area contributed by atoms with Crippen molar-refractivity contribution in [3.63, 3.8) is 0 Å². The summed E-state index contributed by atoms with van der Waals surface area (Å²) in [6.45, 7) is 0. The summed E-state index contributed by atoms with van der Waals surface area (Å²) in [7, 11) is 0. The third-order valence-corrected chi connectivity index (χ3v) is 3.85. The van der Waals surface area contributed by atoms with E-state index < -0.39 is 0 Å². The minimum Gasteiger partial charge on any atom is -0.289 e. The minimum atomic E-state index is -0.172. The van der Waals surface area contributed by atoms with Crippen molar-refractivity contribution in [3.8, 4) is 11.3 Å². The fourth-order valence-corrected chi connectivity index (χ4v) is 2.62. The lowest BCUT2D eigenvalue weighted by Gasteiger charge is -2.09. The van der Waals surface area contributed by atoms with Crippen molar-refractivity contribution < 1.29 is 4.79 Å². The third-order valence-electron chi connectivity index (χ3n) is 3.29. The smallest absolute Gasteiger partial charge is 0.195 e. The predicted molar refractivity (Wildman–Crippen MR) is 89.6 cm³/mol. The van der Waals surface area contributed by atoms with Gasteiger partial charge >= 0.3 is 0 Å². The lowest BCUT2D eigenvalue weighted by Crippen LogP contribution is -2.04. The van der Waals surface area contributed by atoms with Gasteiger partial charge in [-0.2, -0.15) is 0 Å². The van der Waals surface area contributed by atoms with Crippen molar-refractivity contribution in [3.05, 3.63) is 88.0 Å². The van der Waals surface area contributed by atoms with Gasteiger partial charge in [0.05, 0.1) is 10.7 Å². The Bertz CT molecular complexity index is 832. The zero-order valence-electron chi connectivity index (χ0n) is 11.5. The van der Waals surface area contributed by atoms with Crippen LogP contribution in [0.15, 0.2) is 66.9 Å². The Morgan fingerprint density at radius 3 is 2.41 bits per heavy atom. The molecule has 0 unspecified atom stereocenters. The van der Waals surface area contributed by atoms with E-state index in [1.54, 1.807) is 30.5 Å². The number of pyridine rings is 1. The molecule has 3 aromatic rings. The Morgan fingerprint density at radius 1 is 0.864 bits per heavy atom. The van der Waals surface area contributed by atoms with Crippen molar-refractivity contribution >= 4 is 29.0 Å². The van der Waals surface area contributed by atoms with E-state index in [0.717, 1.165) is 11.3 Å². The third kappa shape index (κ3) is 2.89. The molecule has 0 aliphatic heterocycles. The van der Waals surface area contributed by atoms with Gasteiger partial charge in [-0.15, -0.1) is 0 Å². The molecule has 0 spiro atoms. The molecule has 0 atom stereocenters. The summed E-state index contributed by atoms with van der Waals surface area (Å²) in [5, 5.41) is 0.855. The van der Waals surface area contributed by atoms with Gasteiger partial charge in [-0.05, 0) is 30.3 Å². The van der Waals surface area contributed by atoms with Gasteiger partial charge in [0.15, 0.2) is 5.78 Å². The Labute approximate surface area is 138 Å². The number of benzene rings is 2. The van der Waals surface area contributed by atoms with Gasteiger partial charge in [-0.25, -0.2) is 0 Å². The van der Waals surface area contributed by atoms with Crippen LogP contribution in [0.2, 0.25) is 10.0 Å². The Hall–Kier alpha value is -2.16. The molecule has 1 heterocycles. The maximum Gasteiger partial charge on any atom is 0.195 e. The molecule has 0 N–H and O–H groups in total. The lowest BCUT2D eigenvalue weighted by atomic mass is 9.96. The minimum absolute atomic E-state index is 0.172. The van der Waals surface area contributed by atoms with E-state index in [2.05, 4.69) is 4.98 Å². The van der Waals surface area contributed by atoms with E-state index in [9.17, 15) is 4.79 Å². The molecule has 108 valence electrons. The molecule has 3 rings (SSSR count). The van der Waals surface area contributed by atoms with Crippen LogP contribution in [-0.2, 0) is 0 Å². The second-order valence-corrected chi connectivity index (χ2v) is 5.56. The fraction of sp³-hybridized carbons (Fsp3) is 0. The number of carbonyl (C=O) groups is 1. The molecule has 0 aliphatic carbocycles. The van der Waals surface area contributed by atoms with E-state index in [1.165, 1.54) is 0 Å². The molecule has 0 saturated heterocycles. The van der Waals surface area contributed by atoms with E-state index in [4.69, 9.17) is 23.2 Å². The van der Waals surface area contributed by atoms with Crippen LogP contribution in [-0.4, -0.2) is 10.8 Å². The first-order chi connectivity index (χ1) is 10.7. The average Bonchev–Trinajstić information content (AvgIpc) is 2.57. The summed E-state index contributed by atoms with van der Waals surface area (Å²) in [6, 6.07) is 17.8. The molecule has 0 fully saturated rings. The van der Waals surface area contributed by atoms with Crippen molar-refractivity contribution in [2.24, 2.45) is 0 Å². The fourth-order valence-electron chi connectivity index (χ4n) is 2.24. The highest BCUT2D eigenvalue weighted by atomic mass is 35.5. The number of carbonyl (C=O) groups excluding carboxylic acids is 1. The molecule has 0 aliphatic rings. The van der Waals surface area contributed by atoms with Crippen LogP contribution >= 0.6 is 23.2 Å². The topological polar surface area (TPSA) is 30.0 Å². The molecule has 2 nitrogen and oxygen atoms in total. The Morgan fingerprint density at radius 2 is 1.64 bits per heavy atom. The number of hydrogen-bond donors (Lipinski definition) is 0. The van der Waals surface area contributed by atoms with Gasteiger partial charge in [0.25, 0.3) is 0 Å². The van der Waals surface area contributed by atoms with Crippen LogP contribution in [0.5, 0.6) is 0 Å². The molecule has 22 heavy (non-hydrogen) atoms. The van der Waals surface area contributed by atoms with Crippen molar-refractivity contribution in [2.75, 3.05) is 0 Å². The highest BCUT2D eigenvalue weighted by Crippen LogP contribution is 2.28. The molecule has 0 radical (unpaired) electrons. The van der Waals surface area contributed by atoms with Gasteiger partial charge in [-0.3, -0.25) is 9.78 Å². The van der Waals surface area contributed by atoms with Crippen LogP contribution in [0.4, 0.5) is 0 Å². The zero-order chi connectivity index (χ0) is 15.5. The summed E-state index contributed by atoms with van der Waals surface area (Å²) < 4.78 is 0. The Kier molecular flexibility index (Phi) is 4.23. The molecule has 1 aromatic heterocycles.